The summed E-state index contributed by atoms with van der Waals surface area (Å²) in [4.78, 5) is 12.0. The van der Waals surface area contributed by atoms with Gasteiger partial charge in [0.2, 0.25) is 5.91 Å². The van der Waals surface area contributed by atoms with Crippen LogP contribution in [0.5, 0.6) is 5.75 Å². The molecule has 0 bridgehead atoms. The smallest absolute Gasteiger partial charge is 0.223 e. The van der Waals surface area contributed by atoms with Crippen molar-refractivity contribution in [3.8, 4) is 5.75 Å². The fourth-order valence-corrected chi connectivity index (χ4v) is 2.82. The molecule has 0 radical (unpaired) electrons. The Balaban J connectivity index is 1.60. The Bertz CT molecular complexity index is 468. The van der Waals surface area contributed by atoms with Gasteiger partial charge in [0.15, 0.2) is 0 Å². The number of amides is 1. The highest BCUT2D eigenvalue weighted by molar-refractivity contribution is 5.78. The van der Waals surface area contributed by atoms with Crippen molar-refractivity contribution >= 4 is 5.91 Å². The van der Waals surface area contributed by atoms with Gasteiger partial charge in [-0.25, -0.2) is 0 Å². The maximum Gasteiger partial charge on any atom is 0.223 e. The van der Waals surface area contributed by atoms with Crippen molar-refractivity contribution < 1.29 is 19.4 Å². The molecule has 0 saturated heterocycles. The molecular formula is C18H27NO4. The first-order chi connectivity index (χ1) is 11.2. The van der Waals surface area contributed by atoms with Gasteiger partial charge < -0.3 is 19.9 Å². The summed E-state index contributed by atoms with van der Waals surface area (Å²) >= 11 is 0. The highest BCUT2D eigenvalue weighted by Gasteiger charge is 2.21. The molecule has 2 rings (SSSR count). The zero-order valence-corrected chi connectivity index (χ0v) is 13.8. The second-order valence-corrected chi connectivity index (χ2v) is 6.10. The summed E-state index contributed by atoms with van der Waals surface area (Å²) in [5.74, 6) is 0.995. The lowest BCUT2D eigenvalue weighted by molar-refractivity contribution is -0.126. The van der Waals surface area contributed by atoms with Gasteiger partial charge >= 0.3 is 0 Å². The summed E-state index contributed by atoms with van der Waals surface area (Å²) in [6.45, 7) is 0.881. The van der Waals surface area contributed by atoms with Crippen LogP contribution in [0.2, 0.25) is 0 Å². The van der Waals surface area contributed by atoms with E-state index in [1.54, 1.807) is 7.11 Å². The molecule has 1 aromatic rings. The van der Waals surface area contributed by atoms with Crippen molar-refractivity contribution in [3.63, 3.8) is 0 Å². The van der Waals surface area contributed by atoms with E-state index in [1.165, 1.54) is 6.42 Å². The van der Waals surface area contributed by atoms with Gasteiger partial charge in [0, 0.05) is 12.5 Å². The number of carbonyl (C=O) groups excluding carboxylic acids is 1. The Morgan fingerprint density at radius 1 is 1.26 bits per heavy atom. The number of benzene rings is 1. The number of nitrogens with one attached hydrogen (secondary N) is 1. The number of methoxy groups -OCH3 is 1. The number of ether oxygens (including phenoxy) is 2. The number of aliphatic hydroxyl groups excluding tert-OH is 1. The lowest BCUT2D eigenvalue weighted by Gasteiger charge is -2.21. The second kappa shape index (κ2) is 9.53. The molecule has 2 N–H and O–H groups in total. The molecule has 1 fully saturated rings. The van der Waals surface area contributed by atoms with Crippen LogP contribution in [0.15, 0.2) is 24.3 Å². The van der Waals surface area contributed by atoms with E-state index in [-0.39, 0.29) is 25.0 Å². The van der Waals surface area contributed by atoms with E-state index in [0.29, 0.717) is 6.61 Å². The summed E-state index contributed by atoms with van der Waals surface area (Å²) in [6.07, 6.45) is 4.75. The molecule has 1 saturated carbocycles. The summed E-state index contributed by atoms with van der Waals surface area (Å²) in [6, 6.07) is 7.60. The van der Waals surface area contributed by atoms with Crippen molar-refractivity contribution in [2.75, 3.05) is 20.3 Å². The van der Waals surface area contributed by atoms with Gasteiger partial charge in [-0.05, 0) is 30.5 Å². The number of carbonyl (C=O) groups is 1. The first-order valence-corrected chi connectivity index (χ1v) is 8.35. The second-order valence-electron chi connectivity index (χ2n) is 6.10. The first-order valence-electron chi connectivity index (χ1n) is 8.35. The van der Waals surface area contributed by atoms with Crippen LogP contribution in [-0.2, 0) is 16.1 Å². The SMILES string of the molecule is COc1ccc(COC[C@@H](O)CNC(=O)C2CCCCC2)cc1. The minimum atomic E-state index is -0.680. The molecular weight excluding hydrogens is 294 g/mol. The zero-order chi connectivity index (χ0) is 16.5. The number of rotatable bonds is 8. The van der Waals surface area contributed by atoms with Crippen molar-refractivity contribution in [3.05, 3.63) is 29.8 Å². The van der Waals surface area contributed by atoms with E-state index in [0.717, 1.165) is 37.0 Å². The van der Waals surface area contributed by atoms with Crippen molar-refractivity contribution in [1.82, 2.24) is 5.32 Å². The molecule has 5 nitrogen and oxygen atoms in total. The topological polar surface area (TPSA) is 67.8 Å². The molecule has 0 spiro atoms. The Morgan fingerprint density at radius 3 is 2.61 bits per heavy atom. The van der Waals surface area contributed by atoms with E-state index in [9.17, 15) is 9.90 Å². The maximum absolute atomic E-state index is 12.0. The summed E-state index contributed by atoms with van der Waals surface area (Å²) < 4.78 is 10.6. The highest BCUT2D eigenvalue weighted by Crippen LogP contribution is 2.23. The fraction of sp³-hybridized carbons (Fsp3) is 0.611. The lowest BCUT2D eigenvalue weighted by atomic mass is 9.89. The standard InChI is InChI=1S/C18H27NO4/c1-22-17-9-7-14(8-10-17)12-23-13-16(20)11-19-18(21)15-5-3-2-4-6-15/h7-10,15-16,20H,2-6,11-13H2,1H3,(H,19,21)/t16-/m0/s1. The molecule has 0 aliphatic heterocycles. The minimum Gasteiger partial charge on any atom is -0.497 e. The fourth-order valence-electron chi connectivity index (χ4n) is 2.82. The molecule has 1 aromatic carbocycles. The molecule has 128 valence electrons. The number of hydrogen-bond acceptors (Lipinski definition) is 4. The molecule has 0 heterocycles. The summed E-state index contributed by atoms with van der Waals surface area (Å²) in [5, 5.41) is 12.7. The predicted octanol–water partition coefficient (Wildman–Crippen LogP) is 2.27. The van der Waals surface area contributed by atoms with Gasteiger partial charge in [0.25, 0.3) is 0 Å². The molecule has 1 aliphatic carbocycles. The molecule has 1 atom stereocenters. The Morgan fingerprint density at radius 2 is 1.96 bits per heavy atom. The quantitative estimate of drug-likeness (QED) is 0.771. The van der Waals surface area contributed by atoms with Crippen LogP contribution in [0.4, 0.5) is 0 Å². The Labute approximate surface area is 138 Å². The number of aliphatic hydroxyl groups is 1. The van der Waals surface area contributed by atoms with Crippen LogP contribution in [0.1, 0.15) is 37.7 Å². The monoisotopic (exact) mass is 321 g/mol. The lowest BCUT2D eigenvalue weighted by Crippen LogP contribution is -2.38. The molecule has 0 unspecified atom stereocenters. The van der Waals surface area contributed by atoms with Crippen LogP contribution >= 0.6 is 0 Å². The Kier molecular flexibility index (Phi) is 7.36. The summed E-state index contributed by atoms with van der Waals surface area (Å²) in [5.41, 5.74) is 1.02. The molecule has 1 amide bonds. The van der Waals surface area contributed by atoms with E-state index in [1.807, 2.05) is 24.3 Å². The van der Waals surface area contributed by atoms with Crippen LogP contribution in [0.3, 0.4) is 0 Å². The van der Waals surface area contributed by atoms with Crippen LogP contribution in [-0.4, -0.2) is 37.4 Å². The molecule has 0 aromatic heterocycles. The molecule has 5 heteroatoms. The first kappa shape index (κ1) is 17.8. The summed E-state index contributed by atoms with van der Waals surface area (Å²) in [7, 11) is 1.63. The number of hydrogen-bond donors (Lipinski definition) is 2. The van der Waals surface area contributed by atoms with Crippen molar-refractivity contribution in [2.45, 2.75) is 44.8 Å². The largest absolute Gasteiger partial charge is 0.497 e. The van der Waals surface area contributed by atoms with Crippen LogP contribution in [0, 0.1) is 5.92 Å². The Hall–Kier alpha value is -1.59. The zero-order valence-electron chi connectivity index (χ0n) is 13.8. The normalized spacial score (nSPS) is 16.8. The predicted molar refractivity (Wildman–Crippen MR) is 88.2 cm³/mol. The third-order valence-electron chi connectivity index (χ3n) is 4.23. The molecule has 23 heavy (non-hydrogen) atoms. The van der Waals surface area contributed by atoms with Crippen molar-refractivity contribution in [2.24, 2.45) is 5.92 Å². The highest BCUT2D eigenvalue weighted by atomic mass is 16.5. The van der Waals surface area contributed by atoms with Crippen LogP contribution in [0.25, 0.3) is 0 Å². The van der Waals surface area contributed by atoms with E-state index in [4.69, 9.17) is 9.47 Å². The minimum absolute atomic E-state index is 0.0684. The van der Waals surface area contributed by atoms with Gasteiger partial charge in [-0.3, -0.25) is 4.79 Å². The van der Waals surface area contributed by atoms with Gasteiger partial charge in [-0.2, -0.15) is 0 Å². The maximum atomic E-state index is 12.0. The van der Waals surface area contributed by atoms with Gasteiger partial charge in [-0.15, -0.1) is 0 Å². The van der Waals surface area contributed by atoms with E-state index in [2.05, 4.69) is 5.32 Å². The van der Waals surface area contributed by atoms with Crippen LogP contribution < -0.4 is 10.1 Å². The average Bonchev–Trinajstić information content (AvgIpc) is 2.61. The molecule has 1 aliphatic rings. The van der Waals surface area contributed by atoms with E-state index >= 15 is 0 Å². The van der Waals surface area contributed by atoms with Gasteiger partial charge in [-0.1, -0.05) is 31.4 Å². The van der Waals surface area contributed by atoms with Crippen molar-refractivity contribution in [1.29, 1.82) is 0 Å². The van der Waals surface area contributed by atoms with Gasteiger partial charge in [0.05, 0.1) is 26.4 Å². The van der Waals surface area contributed by atoms with Gasteiger partial charge in [0.1, 0.15) is 5.75 Å². The third kappa shape index (κ3) is 6.20. The average molecular weight is 321 g/mol. The third-order valence-corrected chi connectivity index (χ3v) is 4.23. The van der Waals surface area contributed by atoms with E-state index < -0.39 is 6.10 Å².